The van der Waals surface area contributed by atoms with Crippen LogP contribution < -0.4 is 15.4 Å². The van der Waals surface area contributed by atoms with Gasteiger partial charge in [-0.1, -0.05) is 12.1 Å². The van der Waals surface area contributed by atoms with E-state index in [4.69, 9.17) is 9.15 Å². The third-order valence-corrected chi connectivity index (χ3v) is 4.09. The molecule has 0 amide bonds. The second kappa shape index (κ2) is 10.6. The van der Waals surface area contributed by atoms with Crippen LogP contribution in [0.1, 0.15) is 36.5 Å². The van der Waals surface area contributed by atoms with Gasteiger partial charge in [-0.3, -0.25) is 0 Å². The Morgan fingerprint density at radius 1 is 1.22 bits per heavy atom. The molecule has 1 aromatic heterocycles. The van der Waals surface area contributed by atoms with Crippen LogP contribution in [0.15, 0.2) is 39.7 Å². The highest BCUT2D eigenvalue weighted by molar-refractivity contribution is 14.0. The summed E-state index contributed by atoms with van der Waals surface area (Å²) in [6, 6.07) is 9.65. The Morgan fingerprint density at radius 3 is 2.52 bits per heavy atom. The largest absolute Gasteiger partial charge is 0.496 e. The Labute approximate surface area is 178 Å². The number of ether oxygens (including phenoxy) is 1. The van der Waals surface area contributed by atoms with Gasteiger partial charge in [0.1, 0.15) is 22.9 Å². The summed E-state index contributed by atoms with van der Waals surface area (Å²) in [7, 11) is 1.67. The van der Waals surface area contributed by atoms with Gasteiger partial charge in [0.2, 0.25) is 0 Å². The Bertz CT molecular complexity index is 757. The van der Waals surface area contributed by atoms with Crippen LogP contribution in [0.2, 0.25) is 0 Å². The van der Waals surface area contributed by atoms with E-state index in [-0.39, 0.29) is 30.5 Å². The van der Waals surface area contributed by atoms with E-state index in [1.54, 1.807) is 20.1 Å². The zero-order valence-corrected chi connectivity index (χ0v) is 19.0. The van der Waals surface area contributed by atoms with Crippen LogP contribution in [0.3, 0.4) is 0 Å². The monoisotopic (exact) mass is 487 g/mol. The summed E-state index contributed by atoms with van der Waals surface area (Å²) in [5, 5.41) is 17.0. The van der Waals surface area contributed by atoms with Gasteiger partial charge in [0.15, 0.2) is 5.96 Å². The molecule has 1 heterocycles. The van der Waals surface area contributed by atoms with E-state index in [1.165, 1.54) is 0 Å². The minimum absolute atomic E-state index is 0. The molecule has 2 aromatic rings. The third-order valence-electron chi connectivity index (χ3n) is 4.09. The number of nitrogens with one attached hydrogen (secondary N) is 2. The number of methoxy groups -OCH3 is 1. The van der Waals surface area contributed by atoms with E-state index in [1.807, 2.05) is 39.0 Å². The minimum atomic E-state index is -1.12. The van der Waals surface area contributed by atoms with Crippen molar-refractivity contribution in [2.24, 2.45) is 4.99 Å². The number of guanidine groups is 1. The molecule has 1 unspecified atom stereocenters. The van der Waals surface area contributed by atoms with Crippen LogP contribution >= 0.6 is 24.0 Å². The summed E-state index contributed by atoms with van der Waals surface area (Å²) in [6.07, 6.45) is 0. The zero-order valence-electron chi connectivity index (χ0n) is 16.6. The maximum Gasteiger partial charge on any atom is 0.191 e. The third kappa shape index (κ3) is 6.73. The standard InChI is InChI=1S/C20H29N3O3.HI/c1-6-21-19(22-12-16-8-9-17(25-5)14(2)11-16)23-13-20(4,24)18-10-7-15(3)26-18;/h7-11,24H,6,12-13H2,1-5H3,(H2,21,22,23);1H. The van der Waals surface area contributed by atoms with Crippen molar-refractivity contribution >= 4 is 29.9 Å². The van der Waals surface area contributed by atoms with E-state index in [9.17, 15) is 5.11 Å². The average molecular weight is 487 g/mol. The van der Waals surface area contributed by atoms with Gasteiger partial charge in [-0.05, 0) is 57.0 Å². The molecule has 150 valence electrons. The Balaban J connectivity index is 0.00000364. The number of aryl methyl sites for hydroxylation is 2. The summed E-state index contributed by atoms with van der Waals surface area (Å²) in [6.45, 7) is 9.13. The molecule has 0 saturated heterocycles. The number of aliphatic imine (C=N–C) groups is 1. The molecule has 0 aliphatic heterocycles. The number of rotatable bonds is 7. The van der Waals surface area contributed by atoms with Crippen LogP contribution in [-0.4, -0.2) is 31.3 Å². The molecule has 0 saturated carbocycles. The average Bonchev–Trinajstić information content (AvgIpc) is 3.05. The van der Waals surface area contributed by atoms with Crippen molar-refractivity contribution in [3.05, 3.63) is 53.0 Å². The lowest BCUT2D eigenvalue weighted by molar-refractivity contribution is 0.0378. The SMILES string of the molecule is CCNC(=NCc1ccc(OC)c(C)c1)NCC(C)(O)c1ccc(C)o1.I. The highest BCUT2D eigenvalue weighted by atomic mass is 127. The van der Waals surface area contributed by atoms with Crippen molar-refractivity contribution in [3.63, 3.8) is 0 Å². The predicted molar refractivity (Wildman–Crippen MR) is 119 cm³/mol. The van der Waals surface area contributed by atoms with Crippen LogP contribution in [0.4, 0.5) is 0 Å². The smallest absolute Gasteiger partial charge is 0.191 e. The first kappa shape index (κ1) is 23.3. The molecule has 0 fully saturated rings. The van der Waals surface area contributed by atoms with Crippen molar-refractivity contribution in [2.45, 2.75) is 39.8 Å². The number of hydrogen-bond donors (Lipinski definition) is 3. The van der Waals surface area contributed by atoms with Gasteiger partial charge in [0.25, 0.3) is 0 Å². The number of halogens is 1. The molecule has 3 N–H and O–H groups in total. The van der Waals surface area contributed by atoms with Crippen molar-refractivity contribution in [1.29, 1.82) is 0 Å². The van der Waals surface area contributed by atoms with Gasteiger partial charge >= 0.3 is 0 Å². The molecule has 0 bridgehead atoms. The zero-order chi connectivity index (χ0) is 19.2. The number of nitrogens with zero attached hydrogens (tertiary/aromatic N) is 1. The van der Waals surface area contributed by atoms with Gasteiger partial charge in [-0.25, -0.2) is 4.99 Å². The van der Waals surface area contributed by atoms with E-state index in [0.717, 1.165) is 29.2 Å². The van der Waals surface area contributed by atoms with Gasteiger partial charge in [-0.15, -0.1) is 24.0 Å². The summed E-state index contributed by atoms with van der Waals surface area (Å²) in [5.41, 5.74) is 1.05. The molecule has 0 aliphatic carbocycles. The van der Waals surface area contributed by atoms with E-state index < -0.39 is 5.60 Å². The normalized spacial score (nSPS) is 13.5. The van der Waals surface area contributed by atoms with Crippen molar-refractivity contribution in [2.75, 3.05) is 20.2 Å². The molecule has 7 heteroatoms. The van der Waals surface area contributed by atoms with Crippen molar-refractivity contribution < 1.29 is 14.3 Å². The topological polar surface area (TPSA) is 79.0 Å². The van der Waals surface area contributed by atoms with E-state index in [0.29, 0.717) is 18.3 Å². The number of benzene rings is 1. The lowest BCUT2D eigenvalue weighted by Gasteiger charge is -2.22. The van der Waals surface area contributed by atoms with Crippen LogP contribution in [0.25, 0.3) is 0 Å². The highest BCUT2D eigenvalue weighted by Gasteiger charge is 2.27. The van der Waals surface area contributed by atoms with Gasteiger partial charge in [-0.2, -0.15) is 0 Å². The number of aliphatic hydroxyl groups is 1. The molecule has 27 heavy (non-hydrogen) atoms. The van der Waals surface area contributed by atoms with Crippen LogP contribution in [-0.2, 0) is 12.1 Å². The van der Waals surface area contributed by atoms with Crippen molar-refractivity contribution in [1.82, 2.24) is 10.6 Å². The lowest BCUT2D eigenvalue weighted by Crippen LogP contribution is -2.44. The van der Waals surface area contributed by atoms with Crippen LogP contribution in [0, 0.1) is 13.8 Å². The molecule has 1 atom stereocenters. The van der Waals surface area contributed by atoms with Gasteiger partial charge < -0.3 is 24.9 Å². The predicted octanol–water partition coefficient (Wildman–Crippen LogP) is 3.49. The molecule has 0 radical (unpaired) electrons. The number of hydrogen-bond acceptors (Lipinski definition) is 4. The first-order valence-electron chi connectivity index (χ1n) is 8.80. The van der Waals surface area contributed by atoms with E-state index >= 15 is 0 Å². The Morgan fingerprint density at radius 2 is 1.96 bits per heavy atom. The fraction of sp³-hybridized carbons (Fsp3) is 0.450. The summed E-state index contributed by atoms with van der Waals surface area (Å²) in [5.74, 6) is 2.82. The maximum atomic E-state index is 10.6. The van der Waals surface area contributed by atoms with E-state index in [2.05, 4.69) is 21.7 Å². The lowest BCUT2D eigenvalue weighted by atomic mass is 10.0. The maximum absolute atomic E-state index is 10.6. The summed E-state index contributed by atoms with van der Waals surface area (Å²) < 4.78 is 10.8. The Hall–Kier alpha value is -1.74. The molecular weight excluding hydrogens is 457 g/mol. The molecule has 0 aliphatic rings. The summed E-state index contributed by atoms with van der Waals surface area (Å²) in [4.78, 5) is 4.59. The second-order valence-electron chi connectivity index (χ2n) is 6.54. The van der Waals surface area contributed by atoms with Gasteiger partial charge in [0.05, 0.1) is 20.2 Å². The van der Waals surface area contributed by atoms with Crippen molar-refractivity contribution in [3.8, 4) is 5.75 Å². The second-order valence-corrected chi connectivity index (χ2v) is 6.54. The number of furan rings is 1. The highest BCUT2D eigenvalue weighted by Crippen LogP contribution is 2.22. The quantitative estimate of drug-likeness (QED) is 0.317. The molecule has 6 nitrogen and oxygen atoms in total. The summed E-state index contributed by atoms with van der Waals surface area (Å²) >= 11 is 0. The fourth-order valence-corrected chi connectivity index (χ4v) is 2.62. The molecule has 2 rings (SSSR count). The molecular formula is C20H30IN3O3. The fourth-order valence-electron chi connectivity index (χ4n) is 2.62. The minimum Gasteiger partial charge on any atom is -0.496 e. The van der Waals surface area contributed by atoms with Gasteiger partial charge in [0, 0.05) is 6.54 Å². The van der Waals surface area contributed by atoms with Crippen LogP contribution in [0.5, 0.6) is 5.75 Å². The molecule has 1 aromatic carbocycles. The molecule has 0 spiro atoms. The first-order valence-corrected chi connectivity index (χ1v) is 8.80. The first-order chi connectivity index (χ1) is 12.4. The Kier molecular flexibility index (Phi) is 9.11.